The summed E-state index contributed by atoms with van der Waals surface area (Å²) in [5.74, 6) is 0.252. The first-order chi connectivity index (χ1) is 7.65. The zero-order valence-corrected chi connectivity index (χ0v) is 10.4. The number of thioether (sulfide) groups is 1. The van der Waals surface area contributed by atoms with Gasteiger partial charge in [0.15, 0.2) is 4.34 Å². The molecular weight excluding hydrogens is 269 g/mol. The van der Waals surface area contributed by atoms with E-state index in [1.165, 1.54) is 35.2 Å². The number of nitrogens with two attached hydrogens (primary N) is 1. The van der Waals surface area contributed by atoms with Crippen molar-refractivity contribution in [2.24, 2.45) is 0 Å². The van der Waals surface area contributed by atoms with Crippen molar-refractivity contribution < 1.29 is 4.39 Å². The third kappa shape index (κ3) is 2.84. The highest BCUT2D eigenvalue weighted by Crippen LogP contribution is 2.29. The molecule has 0 fully saturated rings. The second-order valence-electron chi connectivity index (χ2n) is 2.93. The summed E-state index contributed by atoms with van der Waals surface area (Å²) in [7, 11) is 0. The Morgan fingerprint density at radius 2 is 2.25 bits per heavy atom. The van der Waals surface area contributed by atoms with Crippen LogP contribution in [0.4, 0.5) is 9.52 Å². The van der Waals surface area contributed by atoms with Crippen LogP contribution in [0.2, 0.25) is 5.02 Å². The molecule has 0 aliphatic carbocycles. The Kier molecular flexibility index (Phi) is 3.63. The molecule has 84 valence electrons. The van der Waals surface area contributed by atoms with Crippen molar-refractivity contribution in [2.45, 2.75) is 10.1 Å². The van der Waals surface area contributed by atoms with Gasteiger partial charge < -0.3 is 5.73 Å². The van der Waals surface area contributed by atoms with Crippen LogP contribution in [0.25, 0.3) is 0 Å². The molecule has 3 nitrogen and oxygen atoms in total. The molecule has 0 radical (unpaired) electrons. The smallest absolute Gasteiger partial charge is 0.203 e. The minimum Gasteiger partial charge on any atom is -0.374 e. The van der Waals surface area contributed by atoms with Crippen molar-refractivity contribution in [1.29, 1.82) is 0 Å². The molecule has 0 amide bonds. The van der Waals surface area contributed by atoms with Gasteiger partial charge in [0.1, 0.15) is 5.82 Å². The molecule has 7 heteroatoms. The zero-order chi connectivity index (χ0) is 11.5. The number of anilines is 1. The van der Waals surface area contributed by atoms with Gasteiger partial charge in [0.2, 0.25) is 5.13 Å². The van der Waals surface area contributed by atoms with Gasteiger partial charge in [0.25, 0.3) is 0 Å². The van der Waals surface area contributed by atoms with E-state index in [0.717, 1.165) is 9.90 Å². The Hall–Kier alpha value is -0.850. The van der Waals surface area contributed by atoms with Gasteiger partial charge in [-0.15, -0.1) is 10.2 Å². The van der Waals surface area contributed by atoms with Crippen molar-refractivity contribution in [2.75, 3.05) is 5.73 Å². The number of hydrogen-bond donors (Lipinski definition) is 1. The Balaban J connectivity index is 2.07. The molecular formula is C9H7ClFN3S2. The summed E-state index contributed by atoms with van der Waals surface area (Å²) < 4.78 is 13.7. The highest BCUT2D eigenvalue weighted by Gasteiger charge is 2.06. The fraction of sp³-hybridized carbons (Fsp3) is 0.111. The van der Waals surface area contributed by atoms with E-state index in [1.54, 1.807) is 6.07 Å². The summed E-state index contributed by atoms with van der Waals surface area (Å²) in [6.45, 7) is 0. The number of nitrogens with zero attached hydrogens (tertiary/aromatic N) is 2. The van der Waals surface area contributed by atoms with Crippen LogP contribution in [0.15, 0.2) is 22.5 Å². The molecule has 2 N–H and O–H groups in total. The standard InChI is InChI=1S/C9H7ClFN3S2/c10-7-2-1-6(11)3-5(7)4-15-9-14-13-8(12)16-9/h1-3H,4H2,(H2,12,13). The number of benzene rings is 1. The summed E-state index contributed by atoms with van der Waals surface area (Å²) in [5, 5.41) is 8.51. The van der Waals surface area contributed by atoms with E-state index < -0.39 is 0 Å². The van der Waals surface area contributed by atoms with Crippen LogP contribution in [0.1, 0.15) is 5.56 Å². The number of halogens is 2. The third-order valence-electron chi connectivity index (χ3n) is 1.78. The Labute approximate surface area is 105 Å². The topological polar surface area (TPSA) is 51.8 Å². The van der Waals surface area contributed by atoms with E-state index in [0.29, 0.717) is 15.9 Å². The summed E-state index contributed by atoms with van der Waals surface area (Å²) >= 11 is 8.66. The normalized spacial score (nSPS) is 10.6. The van der Waals surface area contributed by atoms with E-state index in [4.69, 9.17) is 17.3 Å². The number of aromatic nitrogens is 2. The first-order valence-electron chi connectivity index (χ1n) is 4.31. The van der Waals surface area contributed by atoms with Gasteiger partial charge in [0.05, 0.1) is 0 Å². The Morgan fingerprint density at radius 3 is 2.94 bits per heavy atom. The lowest BCUT2D eigenvalue weighted by Gasteiger charge is -2.01. The minimum absolute atomic E-state index is 0.295. The molecule has 0 aliphatic heterocycles. The quantitative estimate of drug-likeness (QED) is 0.874. The van der Waals surface area contributed by atoms with Gasteiger partial charge in [-0.05, 0) is 23.8 Å². The largest absolute Gasteiger partial charge is 0.374 e. The average Bonchev–Trinajstić information content (AvgIpc) is 2.66. The van der Waals surface area contributed by atoms with Crippen molar-refractivity contribution in [3.63, 3.8) is 0 Å². The van der Waals surface area contributed by atoms with Gasteiger partial charge in [-0.25, -0.2) is 4.39 Å². The molecule has 2 aromatic rings. The van der Waals surface area contributed by atoms with Crippen LogP contribution in [-0.2, 0) is 5.75 Å². The Morgan fingerprint density at radius 1 is 1.44 bits per heavy atom. The van der Waals surface area contributed by atoms with Gasteiger partial charge in [0, 0.05) is 10.8 Å². The molecule has 0 saturated heterocycles. The van der Waals surface area contributed by atoms with Crippen LogP contribution in [0.3, 0.4) is 0 Å². The summed E-state index contributed by atoms with van der Waals surface area (Å²) in [6.07, 6.45) is 0. The maximum absolute atomic E-state index is 13.0. The predicted molar refractivity (Wildman–Crippen MR) is 65.3 cm³/mol. The minimum atomic E-state index is -0.295. The highest BCUT2D eigenvalue weighted by molar-refractivity contribution is 8.00. The van der Waals surface area contributed by atoms with E-state index in [2.05, 4.69) is 10.2 Å². The first kappa shape index (κ1) is 11.6. The van der Waals surface area contributed by atoms with Gasteiger partial charge in [-0.3, -0.25) is 0 Å². The predicted octanol–water partition coefficient (Wildman–Crippen LogP) is 3.21. The molecule has 1 aromatic carbocycles. The van der Waals surface area contributed by atoms with Crippen LogP contribution in [-0.4, -0.2) is 10.2 Å². The maximum Gasteiger partial charge on any atom is 0.203 e. The molecule has 0 saturated carbocycles. The zero-order valence-electron chi connectivity index (χ0n) is 7.98. The number of rotatable bonds is 3. The molecule has 1 heterocycles. The molecule has 0 spiro atoms. The molecule has 16 heavy (non-hydrogen) atoms. The van der Waals surface area contributed by atoms with Crippen LogP contribution < -0.4 is 5.73 Å². The van der Waals surface area contributed by atoms with Gasteiger partial charge in [-0.2, -0.15) is 0 Å². The monoisotopic (exact) mass is 275 g/mol. The highest BCUT2D eigenvalue weighted by atomic mass is 35.5. The van der Waals surface area contributed by atoms with E-state index >= 15 is 0 Å². The summed E-state index contributed by atoms with van der Waals surface area (Å²) in [6, 6.07) is 4.29. The lowest BCUT2D eigenvalue weighted by atomic mass is 10.2. The van der Waals surface area contributed by atoms with Crippen molar-refractivity contribution >= 4 is 39.8 Å². The second-order valence-corrected chi connectivity index (χ2v) is 5.57. The summed E-state index contributed by atoms with van der Waals surface area (Å²) in [5.41, 5.74) is 6.18. The molecule has 0 aliphatic rings. The lowest BCUT2D eigenvalue weighted by Crippen LogP contribution is -1.85. The molecule has 0 bridgehead atoms. The Bertz CT molecular complexity index is 503. The van der Waals surface area contributed by atoms with Gasteiger partial charge in [-0.1, -0.05) is 34.7 Å². The number of nitrogen functional groups attached to an aromatic ring is 1. The SMILES string of the molecule is Nc1nnc(SCc2cc(F)ccc2Cl)s1. The van der Waals surface area contributed by atoms with Crippen LogP contribution in [0, 0.1) is 5.82 Å². The molecule has 0 unspecified atom stereocenters. The summed E-state index contributed by atoms with van der Waals surface area (Å²) in [4.78, 5) is 0. The third-order valence-corrected chi connectivity index (χ3v) is 4.08. The van der Waals surface area contributed by atoms with Crippen molar-refractivity contribution in [1.82, 2.24) is 10.2 Å². The van der Waals surface area contributed by atoms with Crippen molar-refractivity contribution in [3.05, 3.63) is 34.6 Å². The second kappa shape index (κ2) is 4.99. The fourth-order valence-corrected chi connectivity index (χ4v) is 2.96. The number of hydrogen-bond acceptors (Lipinski definition) is 5. The van der Waals surface area contributed by atoms with Crippen LogP contribution >= 0.6 is 34.7 Å². The molecule has 2 rings (SSSR count). The molecule has 0 atom stereocenters. The average molecular weight is 276 g/mol. The van der Waals surface area contributed by atoms with Gasteiger partial charge >= 0.3 is 0 Å². The maximum atomic E-state index is 13.0. The van der Waals surface area contributed by atoms with Crippen molar-refractivity contribution in [3.8, 4) is 0 Å². The van der Waals surface area contributed by atoms with E-state index in [9.17, 15) is 4.39 Å². The first-order valence-corrected chi connectivity index (χ1v) is 6.49. The van der Waals surface area contributed by atoms with Crippen LogP contribution in [0.5, 0.6) is 0 Å². The van der Waals surface area contributed by atoms with E-state index in [-0.39, 0.29) is 5.82 Å². The molecule has 1 aromatic heterocycles. The lowest BCUT2D eigenvalue weighted by molar-refractivity contribution is 0.626. The van der Waals surface area contributed by atoms with E-state index in [1.807, 2.05) is 0 Å². The fourth-order valence-electron chi connectivity index (χ4n) is 1.07.